The lowest BCUT2D eigenvalue weighted by molar-refractivity contribution is 0.0950. The first-order valence-corrected chi connectivity index (χ1v) is 5.85. The highest BCUT2D eigenvalue weighted by atomic mass is 16.1. The third-order valence-corrected chi connectivity index (χ3v) is 2.59. The van der Waals surface area contributed by atoms with Gasteiger partial charge in [-0.1, -0.05) is 12.1 Å². The lowest BCUT2D eigenvalue weighted by Gasteiger charge is -2.05. The summed E-state index contributed by atoms with van der Waals surface area (Å²) < 4.78 is 0. The van der Waals surface area contributed by atoms with Gasteiger partial charge in [-0.2, -0.15) is 0 Å². The van der Waals surface area contributed by atoms with Crippen LogP contribution in [0.4, 0.5) is 0 Å². The molecule has 0 saturated heterocycles. The molecule has 18 heavy (non-hydrogen) atoms. The number of nitrogens with one attached hydrogen (secondary N) is 2. The molecule has 5 heteroatoms. The number of aromatic amines is 1. The summed E-state index contributed by atoms with van der Waals surface area (Å²) in [7, 11) is 0. The van der Waals surface area contributed by atoms with Crippen molar-refractivity contribution in [1.82, 2.24) is 15.3 Å². The number of nitrogens with two attached hydrogens (primary N) is 1. The highest BCUT2D eigenvalue weighted by molar-refractivity contribution is 5.94. The van der Waals surface area contributed by atoms with E-state index in [9.17, 15) is 4.79 Å². The van der Waals surface area contributed by atoms with Gasteiger partial charge in [0.15, 0.2) is 0 Å². The van der Waals surface area contributed by atoms with Crippen molar-refractivity contribution in [3.05, 3.63) is 53.6 Å². The van der Waals surface area contributed by atoms with Crippen LogP contribution < -0.4 is 11.1 Å². The van der Waals surface area contributed by atoms with Crippen molar-refractivity contribution in [2.75, 3.05) is 6.54 Å². The van der Waals surface area contributed by atoms with Crippen LogP contribution in [-0.4, -0.2) is 22.4 Å². The Labute approximate surface area is 105 Å². The molecule has 1 aromatic carbocycles. The normalized spacial score (nSPS) is 10.3. The zero-order valence-corrected chi connectivity index (χ0v) is 10.0. The van der Waals surface area contributed by atoms with Gasteiger partial charge in [-0.3, -0.25) is 4.79 Å². The Morgan fingerprint density at radius 1 is 1.44 bits per heavy atom. The van der Waals surface area contributed by atoms with Crippen molar-refractivity contribution in [2.24, 2.45) is 5.73 Å². The maximum absolute atomic E-state index is 11.9. The molecule has 2 aromatic rings. The molecule has 0 atom stereocenters. The number of rotatable bonds is 5. The van der Waals surface area contributed by atoms with Gasteiger partial charge in [-0.25, -0.2) is 4.98 Å². The smallest absolute Gasteiger partial charge is 0.251 e. The van der Waals surface area contributed by atoms with Crippen molar-refractivity contribution in [3.63, 3.8) is 0 Å². The van der Waals surface area contributed by atoms with E-state index in [1.165, 1.54) is 0 Å². The first kappa shape index (κ1) is 12.3. The van der Waals surface area contributed by atoms with Crippen LogP contribution in [-0.2, 0) is 13.0 Å². The van der Waals surface area contributed by atoms with Crippen molar-refractivity contribution >= 4 is 5.91 Å². The molecule has 2 rings (SSSR count). The molecule has 0 aliphatic heterocycles. The zero-order chi connectivity index (χ0) is 12.8. The zero-order valence-electron chi connectivity index (χ0n) is 10.0. The van der Waals surface area contributed by atoms with Gasteiger partial charge in [0.1, 0.15) is 5.82 Å². The average Bonchev–Trinajstić information content (AvgIpc) is 2.90. The van der Waals surface area contributed by atoms with Crippen LogP contribution in [0, 0.1) is 0 Å². The van der Waals surface area contributed by atoms with E-state index in [0.717, 1.165) is 17.8 Å². The van der Waals surface area contributed by atoms with E-state index >= 15 is 0 Å². The summed E-state index contributed by atoms with van der Waals surface area (Å²) in [5.74, 6) is 0.631. The number of carbonyl (C=O) groups is 1. The van der Waals surface area contributed by atoms with E-state index in [-0.39, 0.29) is 5.91 Å². The summed E-state index contributed by atoms with van der Waals surface area (Å²) in [6, 6.07) is 7.49. The van der Waals surface area contributed by atoms with Gasteiger partial charge in [0.25, 0.3) is 5.91 Å². The molecule has 1 amide bonds. The molecule has 0 saturated carbocycles. The standard InChI is InChI=1S/C13H16N4O/c14-5-4-10-2-1-3-11(8-10)13(18)17-9-12-15-6-7-16-12/h1-3,6-8H,4-5,9,14H2,(H,15,16)(H,17,18). The molecule has 0 bridgehead atoms. The Kier molecular flexibility index (Phi) is 4.09. The van der Waals surface area contributed by atoms with E-state index in [4.69, 9.17) is 5.73 Å². The lowest BCUT2D eigenvalue weighted by atomic mass is 10.1. The highest BCUT2D eigenvalue weighted by Gasteiger charge is 2.06. The topological polar surface area (TPSA) is 83.8 Å². The molecule has 5 nitrogen and oxygen atoms in total. The van der Waals surface area contributed by atoms with Crippen molar-refractivity contribution in [3.8, 4) is 0 Å². The SMILES string of the molecule is NCCc1cccc(C(=O)NCc2ncc[nH]2)c1. The van der Waals surface area contributed by atoms with Crippen molar-refractivity contribution in [2.45, 2.75) is 13.0 Å². The largest absolute Gasteiger partial charge is 0.347 e. The average molecular weight is 244 g/mol. The molecule has 4 N–H and O–H groups in total. The highest BCUT2D eigenvalue weighted by Crippen LogP contribution is 2.06. The monoisotopic (exact) mass is 244 g/mol. The summed E-state index contributed by atoms with van der Waals surface area (Å²) in [5, 5.41) is 2.81. The number of H-pyrrole nitrogens is 1. The number of aromatic nitrogens is 2. The summed E-state index contributed by atoms with van der Waals surface area (Å²) in [6.07, 6.45) is 4.16. The Balaban J connectivity index is 1.97. The minimum Gasteiger partial charge on any atom is -0.347 e. The van der Waals surface area contributed by atoms with Crippen LogP contribution in [0.5, 0.6) is 0 Å². The Morgan fingerprint density at radius 3 is 3.06 bits per heavy atom. The van der Waals surface area contributed by atoms with E-state index in [1.807, 2.05) is 18.2 Å². The Hall–Kier alpha value is -2.14. The number of amides is 1. The van der Waals surface area contributed by atoms with Crippen LogP contribution >= 0.6 is 0 Å². The van der Waals surface area contributed by atoms with Crippen LogP contribution in [0.2, 0.25) is 0 Å². The molecule has 0 fully saturated rings. The number of imidazole rings is 1. The number of hydrogen-bond acceptors (Lipinski definition) is 3. The number of benzene rings is 1. The molecular formula is C13H16N4O. The van der Waals surface area contributed by atoms with Crippen molar-refractivity contribution < 1.29 is 4.79 Å². The lowest BCUT2D eigenvalue weighted by Crippen LogP contribution is -2.23. The molecule has 0 aliphatic carbocycles. The minimum absolute atomic E-state index is 0.106. The van der Waals surface area contributed by atoms with Gasteiger partial charge in [-0.05, 0) is 30.7 Å². The molecule has 0 spiro atoms. The molecular weight excluding hydrogens is 228 g/mol. The molecule has 1 heterocycles. The quantitative estimate of drug-likeness (QED) is 0.728. The van der Waals surface area contributed by atoms with Crippen molar-refractivity contribution in [1.29, 1.82) is 0 Å². The van der Waals surface area contributed by atoms with E-state index in [2.05, 4.69) is 15.3 Å². The van der Waals surface area contributed by atoms with Gasteiger partial charge in [0, 0.05) is 18.0 Å². The van der Waals surface area contributed by atoms with Crippen LogP contribution in [0.25, 0.3) is 0 Å². The molecule has 94 valence electrons. The second kappa shape index (κ2) is 5.97. The summed E-state index contributed by atoms with van der Waals surface area (Å²) in [5.41, 5.74) is 7.21. The second-order valence-corrected chi connectivity index (χ2v) is 3.96. The van der Waals surface area contributed by atoms with E-state index in [1.54, 1.807) is 18.5 Å². The summed E-state index contributed by atoms with van der Waals surface area (Å²) >= 11 is 0. The minimum atomic E-state index is -0.106. The Morgan fingerprint density at radius 2 is 2.33 bits per heavy atom. The van der Waals surface area contributed by atoms with E-state index < -0.39 is 0 Å². The summed E-state index contributed by atoms with van der Waals surface area (Å²) in [4.78, 5) is 18.9. The van der Waals surface area contributed by atoms with Crippen LogP contribution in [0.1, 0.15) is 21.7 Å². The molecule has 1 aromatic heterocycles. The van der Waals surface area contributed by atoms with Gasteiger partial charge < -0.3 is 16.0 Å². The molecule has 0 aliphatic rings. The summed E-state index contributed by atoms with van der Waals surface area (Å²) in [6.45, 7) is 0.977. The van der Waals surface area contributed by atoms with Gasteiger partial charge in [0.05, 0.1) is 6.54 Å². The first-order valence-electron chi connectivity index (χ1n) is 5.85. The van der Waals surface area contributed by atoms with E-state index in [0.29, 0.717) is 18.7 Å². The maximum atomic E-state index is 11.9. The predicted molar refractivity (Wildman–Crippen MR) is 69.0 cm³/mol. The predicted octanol–water partition coefficient (Wildman–Crippen LogP) is 0.841. The maximum Gasteiger partial charge on any atom is 0.251 e. The number of hydrogen-bond donors (Lipinski definition) is 3. The third kappa shape index (κ3) is 3.18. The second-order valence-electron chi connectivity index (χ2n) is 3.96. The Bertz CT molecular complexity index is 507. The van der Waals surface area contributed by atoms with Gasteiger partial charge in [0.2, 0.25) is 0 Å². The first-order chi connectivity index (χ1) is 8.79. The third-order valence-electron chi connectivity index (χ3n) is 2.59. The van der Waals surface area contributed by atoms with Gasteiger partial charge in [-0.15, -0.1) is 0 Å². The van der Waals surface area contributed by atoms with Crippen LogP contribution in [0.15, 0.2) is 36.7 Å². The number of carbonyl (C=O) groups excluding carboxylic acids is 1. The fraction of sp³-hybridized carbons (Fsp3) is 0.231. The molecule has 0 radical (unpaired) electrons. The fourth-order valence-electron chi connectivity index (χ4n) is 1.70. The fourth-order valence-corrected chi connectivity index (χ4v) is 1.70. The van der Waals surface area contributed by atoms with Crippen LogP contribution in [0.3, 0.4) is 0 Å². The molecule has 0 unspecified atom stereocenters. The van der Waals surface area contributed by atoms with Gasteiger partial charge >= 0.3 is 0 Å². The number of nitrogens with zero attached hydrogens (tertiary/aromatic N) is 1.